The van der Waals surface area contributed by atoms with E-state index < -0.39 is 6.04 Å². The molecule has 3 heterocycles. The molecule has 0 spiro atoms. The van der Waals surface area contributed by atoms with Gasteiger partial charge in [-0.25, -0.2) is 0 Å². The van der Waals surface area contributed by atoms with Crippen molar-refractivity contribution in [1.29, 1.82) is 0 Å². The van der Waals surface area contributed by atoms with E-state index in [0.717, 1.165) is 24.2 Å². The average molecular weight is 439 g/mol. The van der Waals surface area contributed by atoms with E-state index >= 15 is 0 Å². The minimum Gasteiger partial charge on any atom is -0.450 e. The zero-order valence-corrected chi connectivity index (χ0v) is 18.0. The van der Waals surface area contributed by atoms with Gasteiger partial charge in [0, 0.05) is 31.2 Å². The maximum atomic E-state index is 13.5. The molecule has 2 aliphatic rings. The van der Waals surface area contributed by atoms with Crippen LogP contribution in [0.25, 0.3) is 11.0 Å². The third-order valence-electron chi connectivity index (χ3n) is 6.07. The van der Waals surface area contributed by atoms with Gasteiger partial charge in [-0.3, -0.25) is 14.5 Å². The molecule has 0 radical (unpaired) electrons. The van der Waals surface area contributed by atoms with Crippen LogP contribution in [-0.4, -0.2) is 55.1 Å². The number of aryl methyl sites for hydroxylation is 1. The first-order valence-corrected chi connectivity index (χ1v) is 10.8. The van der Waals surface area contributed by atoms with E-state index in [1.807, 2.05) is 31.2 Å². The molecule has 160 valence electrons. The topological polar surface area (TPSA) is 63.0 Å². The standard InChI is InChI=1S/C24H23ClN2O4/c1-15-2-7-19-18(14-15)22(28)20-21(16-3-5-17(25)6-4-16)27(24(29)23(20)31-19)9-8-26-10-12-30-13-11-26/h2-7,14,21H,8-13H2,1H3/t21-/m1/s1. The fraction of sp³-hybridized carbons (Fsp3) is 0.333. The summed E-state index contributed by atoms with van der Waals surface area (Å²) in [7, 11) is 0. The third kappa shape index (κ3) is 3.65. The normalized spacial score (nSPS) is 19.2. The second-order valence-corrected chi connectivity index (χ2v) is 8.52. The molecule has 0 N–H and O–H groups in total. The summed E-state index contributed by atoms with van der Waals surface area (Å²) in [6.07, 6.45) is 0. The number of nitrogens with zero attached hydrogens (tertiary/aromatic N) is 2. The number of morpholine rings is 1. The molecule has 2 aromatic carbocycles. The van der Waals surface area contributed by atoms with Crippen molar-refractivity contribution < 1.29 is 13.9 Å². The Morgan fingerprint density at radius 1 is 1.03 bits per heavy atom. The Morgan fingerprint density at radius 2 is 1.77 bits per heavy atom. The monoisotopic (exact) mass is 438 g/mol. The van der Waals surface area contributed by atoms with Crippen molar-refractivity contribution in [3.8, 4) is 0 Å². The molecule has 1 amide bonds. The Kier molecular flexibility index (Phi) is 5.30. The van der Waals surface area contributed by atoms with Gasteiger partial charge in [0.1, 0.15) is 5.58 Å². The molecule has 1 aromatic heterocycles. The lowest BCUT2D eigenvalue weighted by Gasteiger charge is -2.31. The van der Waals surface area contributed by atoms with Gasteiger partial charge in [0.25, 0.3) is 5.91 Å². The first kappa shape index (κ1) is 20.2. The van der Waals surface area contributed by atoms with Crippen LogP contribution in [0.4, 0.5) is 0 Å². The molecule has 2 aliphatic heterocycles. The maximum absolute atomic E-state index is 13.5. The Morgan fingerprint density at radius 3 is 2.52 bits per heavy atom. The van der Waals surface area contributed by atoms with Crippen LogP contribution in [0.1, 0.15) is 33.3 Å². The fourth-order valence-corrected chi connectivity index (χ4v) is 4.56. The highest BCUT2D eigenvalue weighted by Crippen LogP contribution is 2.38. The van der Waals surface area contributed by atoms with Gasteiger partial charge >= 0.3 is 0 Å². The van der Waals surface area contributed by atoms with Crippen molar-refractivity contribution in [3.63, 3.8) is 0 Å². The second kappa shape index (κ2) is 8.11. The number of benzene rings is 2. The molecular formula is C24H23ClN2O4. The lowest BCUT2D eigenvalue weighted by molar-refractivity contribution is 0.0314. The summed E-state index contributed by atoms with van der Waals surface area (Å²) in [6.45, 7) is 6.19. The molecule has 0 unspecified atom stereocenters. The number of rotatable bonds is 4. The molecule has 7 heteroatoms. The summed E-state index contributed by atoms with van der Waals surface area (Å²) in [5.41, 5.74) is 2.51. The molecule has 1 saturated heterocycles. The molecule has 6 nitrogen and oxygen atoms in total. The molecule has 0 saturated carbocycles. The van der Waals surface area contributed by atoms with Crippen LogP contribution in [0, 0.1) is 6.92 Å². The summed E-state index contributed by atoms with van der Waals surface area (Å²) in [6, 6.07) is 12.3. The summed E-state index contributed by atoms with van der Waals surface area (Å²) in [5, 5.41) is 1.11. The van der Waals surface area contributed by atoms with Crippen LogP contribution in [0.15, 0.2) is 51.7 Å². The zero-order chi connectivity index (χ0) is 21.5. The van der Waals surface area contributed by atoms with Gasteiger partial charge in [-0.1, -0.05) is 35.4 Å². The van der Waals surface area contributed by atoms with Crippen molar-refractivity contribution in [2.75, 3.05) is 39.4 Å². The molecule has 1 atom stereocenters. The van der Waals surface area contributed by atoms with E-state index in [2.05, 4.69) is 4.90 Å². The summed E-state index contributed by atoms with van der Waals surface area (Å²) >= 11 is 6.09. The molecule has 0 aliphatic carbocycles. The second-order valence-electron chi connectivity index (χ2n) is 8.08. The smallest absolute Gasteiger partial charge is 0.290 e. The van der Waals surface area contributed by atoms with Gasteiger partial charge in [-0.15, -0.1) is 0 Å². The predicted octanol–water partition coefficient (Wildman–Crippen LogP) is 3.63. The molecule has 3 aromatic rings. The van der Waals surface area contributed by atoms with Gasteiger partial charge in [0.05, 0.1) is 30.2 Å². The van der Waals surface area contributed by atoms with Crippen molar-refractivity contribution in [2.24, 2.45) is 0 Å². The summed E-state index contributed by atoms with van der Waals surface area (Å²) in [4.78, 5) is 31.0. The van der Waals surface area contributed by atoms with Gasteiger partial charge in [-0.05, 0) is 36.8 Å². The van der Waals surface area contributed by atoms with E-state index in [1.165, 1.54) is 0 Å². The predicted molar refractivity (Wildman–Crippen MR) is 119 cm³/mol. The summed E-state index contributed by atoms with van der Waals surface area (Å²) in [5.74, 6) is -0.105. The highest BCUT2D eigenvalue weighted by atomic mass is 35.5. The molecule has 0 bridgehead atoms. The number of hydrogen-bond donors (Lipinski definition) is 0. The number of carbonyl (C=O) groups excluding carboxylic acids is 1. The van der Waals surface area contributed by atoms with Crippen LogP contribution in [0.5, 0.6) is 0 Å². The first-order valence-electron chi connectivity index (χ1n) is 10.5. The van der Waals surface area contributed by atoms with E-state index in [-0.39, 0.29) is 17.1 Å². The minimum absolute atomic E-state index is 0.142. The van der Waals surface area contributed by atoms with Gasteiger partial charge < -0.3 is 14.1 Å². The van der Waals surface area contributed by atoms with Crippen LogP contribution in [0.3, 0.4) is 0 Å². The number of amides is 1. The number of fused-ring (bicyclic) bond motifs is 2. The van der Waals surface area contributed by atoms with E-state index in [9.17, 15) is 9.59 Å². The number of halogens is 1. The van der Waals surface area contributed by atoms with Gasteiger partial charge in [0.2, 0.25) is 5.76 Å². The highest BCUT2D eigenvalue weighted by Gasteiger charge is 2.42. The van der Waals surface area contributed by atoms with Crippen LogP contribution in [-0.2, 0) is 4.74 Å². The SMILES string of the molecule is Cc1ccc2oc3c(c(=O)c2c1)[C@@H](c1ccc(Cl)cc1)N(CCN1CCOCC1)C3=O. The zero-order valence-electron chi connectivity index (χ0n) is 17.3. The van der Waals surface area contributed by atoms with Crippen LogP contribution in [0.2, 0.25) is 5.02 Å². The maximum Gasteiger partial charge on any atom is 0.290 e. The largest absolute Gasteiger partial charge is 0.450 e. The summed E-state index contributed by atoms with van der Waals surface area (Å²) < 4.78 is 11.4. The lowest BCUT2D eigenvalue weighted by atomic mass is 9.98. The third-order valence-corrected chi connectivity index (χ3v) is 6.32. The average Bonchev–Trinajstić information content (AvgIpc) is 3.06. The van der Waals surface area contributed by atoms with Crippen molar-refractivity contribution in [2.45, 2.75) is 13.0 Å². The van der Waals surface area contributed by atoms with E-state index in [4.69, 9.17) is 20.8 Å². The fourth-order valence-electron chi connectivity index (χ4n) is 4.43. The first-order chi connectivity index (χ1) is 15.0. The van der Waals surface area contributed by atoms with Crippen LogP contribution < -0.4 is 5.43 Å². The van der Waals surface area contributed by atoms with E-state index in [1.54, 1.807) is 23.1 Å². The Balaban J connectivity index is 1.60. The quantitative estimate of drug-likeness (QED) is 0.622. The van der Waals surface area contributed by atoms with Gasteiger partial charge in [0.15, 0.2) is 5.43 Å². The Hall–Kier alpha value is -2.67. The minimum atomic E-state index is -0.498. The number of hydrogen-bond acceptors (Lipinski definition) is 5. The molecule has 31 heavy (non-hydrogen) atoms. The highest BCUT2D eigenvalue weighted by molar-refractivity contribution is 6.30. The van der Waals surface area contributed by atoms with Crippen molar-refractivity contribution in [1.82, 2.24) is 9.80 Å². The van der Waals surface area contributed by atoms with Crippen molar-refractivity contribution >= 4 is 28.5 Å². The Labute approximate surface area is 185 Å². The van der Waals surface area contributed by atoms with E-state index in [0.29, 0.717) is 47.9 Å². The van der Waals surface area contributed by atoms with Gasteiger partial charge in [-0.2, -0.15) is 0 Å². The molecule has 5 rings (SSSR count). The number of ether oxygens (including phenoxy) is 1. The lowest BCUT2D eigenvalue weighted by Crippen LogP contribution is -2.42. The number of carbonyl (C=O) groups is 1. The van der Waals surface area contributed by atoms with Crippen molar-refractivity contribution in [3.05, 3.63) is 80.2 Å². The molecule has 1 fully saturated rings. The Bertz CT molecular complexity index is 1200. The molecular weight excluding hydrogens is 416 g/mol. The van der Waals surface area contributed by atoms with Crippen LogP contribution >= 0.6 is 11.6 Å².